The van der Waals surface area contributed by atoms with Gasteiger partial charge in [-0.15, -0.1) is 20.4 Å². The molecule has 3 heterocycles. The quantitative estimate of drug-likeness (QED) is 0.644. The van der Waals surface area contributed by atoms with Crippen molar-refractivity contribution in [3.63, 3.8) is 0 Å². The highest BCUT2D eigenvalue weighted by Gasteiger charge is 2.18. The lowest BCUT2D eigenvalue weighted by Gasteiger charge is -2.08. The Morgan fingerprint density at radius 2 is 2.29 bits per heavy atom. The number of thioether (sulfide) groups is 1. The number of hydrogen-bond acceptors (Lipinski definition) is 8. The number of carbonyl (C=O) groups is 1. The SMILES string of the molecule is CCCn1c(SCC(=O)Nc2nncs2)nnc1-c1ccoc1C. The number of rotatable bonds is 7. The Bertz CT molecular complexity index is 811. The summed E-state index contributed by atoms with van der Waals surface area (Å²) in [5, 5.41) is 19.9. The van der Waals surface area contributed by atoms with Gasteiger partial charge in [-0.3, -0.25) is 10.1 Å². The first kappa shape index (κ1) is 16.7. The van der Waals surface area contributed by atoms with E-state index in [1.54, 1.807) is 11.8 Å². The molecule has 1 N–H and O–H groups in total. The molecule has 0 fully saturated rings. The molecule has 0 aliphatic carbocycles. The first-order valence-corrected chi connectivity index (χ1v) is 9.22. The van der Waals surface area contributed by atoms with Gasteiger partial charge in [0.1, 0.15) is 11.3 Å². The molecule has 0 aliphatic rings. The lowest BCUT2D eigenvalue weighted by atomic mass is 10.2. The highest BCUT2D eigenvalue weighted by atomic mass is 32.2. The van der Waals surface area contributed by atoms with E-state index < -0.39 is 0 Å². The van der Waals surface area contributed by atoms with Gasteiger partial charge < -0.3 is 8.98 Å². The summed E-state index contributed by atoms with van der Waals surface area (Å²) in [6.07, 6.45) is 2.57. The van der Waals surface area contributed by atoms with Crippen LogP contribution in [0.5, 0.6) is 0 Å². The van der Waals surface area contributed by atoms with Crippen LogP contribution in [0.3, 0.4) is 0 Å². The molecule has 1 amide bonds. The first-order valence-electron chi connectivity index (χ1n) is 7.35. The van der Waals surface area contributed by atoms with E-state index in [-0.39, 0.29) is 11.7 Å². The van der Waals surface area contributed by atoms with Crippen LogP contribution in [0.25, 0.3) is 11.4 Å². The van der Waals surface area contributed by atoms with Crippen LogP contribution in [0.1, 0.15) is 19.1 Å². The standard InChI is InChI=1S/C14H16N6O2S2/c1-3-5-20-12(10-4-6-22-9(10)2)17-19-14(20)23-7-11(21)16-13-18-15-8-24-13/h4,6,8H,3,5,7H2,1-2H3,(H,16,18,21). The van der Waals surface area contributed by atoms with Crippen molar-refractivity contribution in [3.05, 3.63) is 23.6 Å². The van der Waals surface area contributed by atoms with Crippen molar-refractivity contribution < 1.29 is 9.21 Å². The van der Waals surface area contributed by atoms with Crippen molar-refractivity contribution in [2.24, 2.45) is 0 Å². The molecular weight excluding hydrogens is 348 g/mol. The zero-order chi connectivity index (χ0) is 16.9. The molecule has 3 aromatic rings. The number of carbonyl (C=O) groups excluding carboxylic acids is 1. The van der Waals surface area contributed by atoms with Crippen LogP contribution in [-0.4, -0.2) is 36.6 Å². The second kappa shape index (κ2) is 7.58. The zero-order valence-electron chi connectivity index (χ0n) is 13.2. The third-order valence-corrected chi connectivity index (χ3v) is 4.78. The van der Waals surface area contributed by atoms with Gasteiger partial charge in [0.25, 0.3) is 0 Å². The molecule has 8 nitrogen and oxygen atoms in total. The van der Waals surface area contributed by atoms with Gasteiger partial charge >= 0.3 is 0 Å². The summed E-state index contributed by atoms with van der Waals surface area (Å²) >= 11 is 2.63. The maximum atomic E-state index is 12.0. The molecule has 0 radical (unpaired) electrons. The summed E-state index contributed by atoms with van der Waals surface area (Å²) < 4.78 is 7.37. The summed E-state index contributed by atoms with van der Waals surface area (Å²) in [6.45, 7) is 4.75. The number of hydrogen-bond donors (Lipinski definition) is 1. The summed E-state index contributed by atoms with van der Waals surface area (Å²) in [6, 6.07) is 1.88. The fraction of sp³-hybridized carbons (Fsp3) is 0.357. The Morgan fingerprint density at radius 3 is 2.96 bits per heavy atom. The fourth-order valence-corrected chi connectivity index (χ4v) is 3.38. The molecule has 0 spiro atoms. The molecule has 24 heavy (non-hydrogen) atoms. The number of nitrogens with one attached hydrogen (secondary N) is 1. The van der Waals surface area contributed by atoms with Gasteiger partial charge in [0.05, 0.1) is 17.6 Å². The monoisotopic (exact) mass is 364 g/mol. The highest BCUT2D eigenvalue weighted by Crippen LogP contribution is 2.27. The van der Waals surface area contributed by atoms with Crippen LogP contribution < -0.4 is 5.32 Å². The third kappa shape index (κ3) is 3.65. The van der Waals surface area contributed by atoms with Gasteiger partial charge in [-0.05, 0) is 19.4 Å². The molecule has 10 heteroatoms. The predicted molar refractivity (Wildman–Crippen MR) is 92.0 cm³/mol. The Morgan fingerprint density at radius 1 is 1.42 bits per heavy atom. The van der Waals surface area contributed by atoms with Crippen molar-refractivity contribution in [2.45, 2.75) is 32.0 Å². The largest absolute Gasteiger partial charge is 0.469 e. The van der Waals surface area contributed by atoms with Crippen LogP contribution in [0, 0.1) is 6.92 Å². The van der Waals surface area contributed by atoms with Crippen molar-refractivity contribution >= 4 is 34.1 Å². The van der Waals surface area contributed by atoms with E-state index in [1.165, 1.54) is 23.1 Å². The van der Waals surface area contributed by atoms with Crippen LogP contribution in [0.15, 0.2) is 27.4 Å². The lowest BCUT2D eigenvalue weighted by molar-refractivity contribution is -0.113. The van der Waals surface area contributed by atoms with Gasteiger partial charge in [-0.2, -0.15) is 0 Å². The molecule has 3 rings (SSSR count). The molecule has 126 valence electrons. The van der Waals surface area contributed by atoms with E-state index in [0.29, 0.717) is 10.3 Å². The van der Waals surface area contributed by atoms with Gasteiger partial charge in [0.2, 0.25) is 11.0 Å². The Labute approximate surface area is 146 Å². The van der Waals surface area contributed by atoms with E-state index in [1.807, 2.05) is 17.6 Å². The van der Waals surface area contributed by atoms with Gasteiger partial charge in [0, 0.05) is 6.54 Å². The highest BCUT2D eigenvalue weighted by molar-refractivity contribution is 7.99. The predicted octanol–water partition coefficient (Wildman–Crippen LogP) is 2.84. The van der Waals surface area contributed by atoms with Crippen LogP contribution >= 0.6 is 23.1 Å². The number of amides is 1. The zero-order valence-corrected chi connectivity index (χ0v) is 14.9. The third-order valence-electron chi connectivity index (χ3n) is 3.20. The molecule has 0 saturated carbocycles. The van der Waals surface area contributed by atoms with Crippen LogP contribution in [-0.2, 0) is 11.3 Å². The molecule has 0 bridgehead atoms. The lowest BCUT2D eigenvalue weighted by Crippen LogP contribution is -2.14. The molecule has 0 saturated heterocycles. The summed E-state index contributed by atoms with van der Waals surface area (Å²) in [4.78, 5) is 12.0. The smallest absolute Gasteiger partial charge is 0.236 e. The number of nitrogens with zero attached hydrogens (tertiary/aromatic N) is 5. The number of anilines is 1. The van der Waals surface area contributed by atoms with E-state index in [4.69, 9.17) is 4.42 Å². The van der Waals surface area contributed by atoms with Crippen molar-refractivity contribution in [1.82, 2.24) is 25.0 Å². The number of furan rings is 1. The maximum absolute atomic E-state index is 12.0. The average molecular weight is 364 g/mol. The second-order valence-electron chi connectivity index (χ2n) is 4.93. The summed E-state index contributed by atoms with van der Waals surface area (Å²) in [7, 11) is 0. The van der Waals surface area contributed by atoms with E-state index in [2.05, 4.69) is 32.6 Å². The topological polar surface area (TPSA) is 98.7 Å². The van der Waals surface area contributed by atoms with E-state index in [0.717, 1.165) is 30.1 Å². The Balaban J connectivity index is 1.72. The molecule has 0 unspecified atom stereocenters. The molecule has 0 atom stereocenters. The van der Waals surface area contributed by atoms with Gasteiger partial charge in [-0.25, -0.2) is 0 Å². The van der Waals surface area contributed by atoms with Crippen molar-refractivity contribution in [2.75, 3.05) is 11.1 Å². The Kier molecular flexibility index (Phi) is 5.26. The normalized spacial score (nSPS) is 10.9. The van der Waals surface area contributed by atoms with Crippen molar-refractivity contribution in [1.29, 1.82) is 0 Å². The van der Waals surface area contributed by atoms with Gasteiger partial charge in [-0.1, -0.05) is 30.0 Å². The summed E-state index contributed by atoms with van der Waals surface area (Å²) in [5.74, 6) is 1.63. The van der Waals surface area contributed by atoms with Crippen LogP contribution in [0.4, 0.5) is 5.13 Å². The minimum absolute atomic E-state index is 0.149. The summed E-state index contributed by atoms with van der Waals surface area (Å²) in [5.41, 5.74) is 2.49. The average Bonchev–Trinajstić information content (AvgIpc) is 3.28. The van der Waals surface area contributed by atoms with E-state index >= 15 is 0 Å². The number of aryl methyl sites for hydroxylation is 1. The molecule has 3 aromatic heterocycles. The molecule has 0 aliphatic heterocycles. The van der Waals surface area contributed by atoms with E-state index in [9.17, 15) is 4.79 Å². The molecule has 0 aromatic carbocycles. The minimum Gasteiger partial charge on any atom is -0.469 e. The molecular formula is C14H16N6O2S2. The van der Waals surface area contributed by atoms with Crippen LogP contribution in [0.2, 0.25) is 0 Å². The van der Waals surface area contributed by atoms with Gasteiger partial charge in [0.15, 0.2) is 11.0 Å². The fourth-order valence-electron chi connectivity index (χ4n) is 2.15. The minimum atomic E-state index is -0.149. The first-order chi connectivity index (χ1) is 11.7. The van der Waals surface area contributed by atoms with Crippen molar-refractivity contribution in [3.8, 4) is 11.4 Å². The maximum Gasteiger partial charge on any atom is 0.236 e. The second-order valence-corrected chi connectivity index (χ2v) is 6.70. The Hall–Kier alpha value is -2.20. The number of aromatic nitrogens is 5.